The Morgan fingerprint density at radius 1 is 0.536 bits per heavy atom. The molecule has 0 bridgehead atoms. The van der Waals surface area contributed by atoms with Crippen molar-refractivity contribution in [3.8, 4) is 22.3 Å². The van der Waals surface area contributed by atoms with Gasteiger partial charge in [0.15, 0.2) is 17.4 Å². The van der Waals surface area contributed by atoms with E-state index in [1.807, 2.05) is 185 Å². The van der Waals surface area contributed by atoms with Crippen LogP contribution in [0.15, 0.2) is 121 Å². The highest BCUT2D eigenvalue weighted by atomic mass is 16.8. The van der Waals surface area contributed by atoms with Gasteiger partial charge in [-0.25, -0.2) is 9.59 Å². The number of fused-ring (bicyclic) bond motifs is 4. The van der Waals surface area contributed by atoms with Gasteiger partial charge in [0, 0.05) is 11.8 Å². The van der Waals surface area contributed by atoms with E-state index in [4.69, 9.17) is 28.4 Å². The monoisotopic (exact) mass is 938 g/mol. The summed E-state index contributed by atoms with van der Waals surface area (Å²) in [6.45, 7) is 18.8. The summed E-state index contributed by atoms with van der Waals surface area (Å²) in [5.41, 5.74) is 8.38. The van der Waals surface area contributed by atoms with Gasteiger partial charge in [-0.05, 0) is 119 Å². The van der Waals surface area contributed by atoms with E-state index in [9.17, 15) is 19.5 Å². The van der Waals surface area contributed by atoms with Gasteiger partial charge in [-0.3, -0.25) is 4.79 Å². The van der Waals surface area contributed by atoms with Crippen molar-refractivity contribution >= 4 is 29.9 Å². The largest absolute Gasteiger partial charge is 0.458 e. The van der Waals surface area contributed by atoms with Crippen molar-refractivity contribution in [2.75, 3.05) is 0 Å². The second-order valence-electron chi connectivity index (χ2n) is 19.3. The molecule has 0 aromatic heterocycles. The first-order valence-corrected chi connectivity index (χ1v) is 23.7. The summed E-state index contributed by atoms with van der Waals surface area (Å²) in [7, 11) is 0. The average Bonchev–Trinajstić information content (AvgIpc) is 3.80. The predicted molar refractivity (Wildman–Crippen MR) is 272 cm³/mol. The van der Waals surface area contributed by atoms with Gasteiger partial charge >= 0.3 is 11.9 Å². The molecule has 9 atom stereocenters. The number of ether oxygens (including phenoxy) is 6. The zero-order valence-electron chi connectivity index (χ0n) is 40.9. The predicted octanol–water partition coefficient (Wildman–Crippen LogP) is 12.2. The summed E-state index contributed by atoms with van der Waals surface area (Å²) in [6.07, 6.45) is 12.2. The smallest absolute Gasteiger partial charge is 0.339 e. The van der Waals surface area contributed by atoms with Crippen molar-refractivity contribution in [3.05, 3.63) is 155 Å². The number of cyclic esters (lactones) is 2. The maximum atomic E-state index is 13.4. The number of hydrogen-bond acceptors (Lipinski definition) is 10. The normalized spacial score (nSPS) is 28.6. The molecule has 69 heavy (non-hydrogen) atoms. The molecule has 4 aliphatic heterocycles. The van der Waals surface area contributed by atoms with Crippen molar-refractivity contribution in [3.63, 3.8) is 0 Å². The number of carbonyl (C=O) groups excluding carboxylic acids is 3. The molecular formula is C59H70O10. The van der Waals surface area contributed by atoms with Crippen LogP contribution in [0.4, 0.5) is 0 Å². The zero-order valence-corrected chi connectivity index (χ0v) is 40.9. The van der Waals surface area contributed by atoms with E-state index in [0.29, 0.717) is 24.0 Å². The quantitative estimate of drug-likeness (QED) is 0.153. The number of esters is 2. The van der Waals surface area contributed by atoms with Gasteiger partial charge in [-0.15, -0.1) is 0 Å². The Bertz CT molecular complexity index is 2570. The molecule has 0 aliphatic carbocycles. The van der Waals surface area contributed by atoms with Crippen LogP contribution >= 0.6 is 0 Å². The van der Waals surface area contributed by atoms with Gasteiger partial charge in [-0.1, -0.05) is 149 Å². The number of aryl methyl sites for hydroxylation is 2. The van der Waals surface area contributed by atoms with Crippen molar-refractivity contribution < 1.29 is 47.9 Å². The number of carbonyl (C=O) groups is 3. The third-order valence-corrected chi connectivity index (χ3v) is 13.1. The molecule has 2 fully saturated rings. The zero-order chi connectivity index (χ0) is 48.9. The van der Waals surface area contributed by atoms with Crippen molar-refractivity contribution in [2.45, 2.75) is 144 Å². The van der Waals surface area contributed by atoms with Crippen LogP contribution in [0, 0.1) is 25.7 Å². The van der Waals surface area contributed by atoms with Crippen molar-refractivity contribution in [2.24, 2.45) is 11.8 Å². The Hall–Kier alpha value is -5.75. The highest BCUT2D eigenvalue weighted by Gasteiger charge is 2.45. The fourth-order valence-corrected chi connectivity index (χ4v) is 9.03. The van der Waals surface area contributed by atoms with Gasteiger partial charge in [0.1, 0.15) is 30.5 Å². The van der Waals surface area contributed by atoms with Crippen LogP contribution in [0.3, 0.4) is 0 Å². The van der Waals surface area contributed by atoms with Crippen molar-refractivity contribution in [1.29, 1.82) is 0 Å². The molecule has 2 saturated heterocycles. The molecule has 0 spiro atoms. The lowest BCUT2D eigenvalue weighted by Gasteiger charge is -2.23. The molecule has 8 rings (SSSR count). The minimum Gasteiger partial charge on any atom is -0.458 e. The van der Waals surface area contributed by atoms with Crippen LogP contribution in [0.5, 0.6) is 0 Å². The molecule has 10 heteroatoms. The van der Waals surface area contributed by atoms with Gasteiger partial charge in [0.2, 0.25) is 0 Å². The van der Waals surface area contributed by atoms with Crippen LogP contribution in [0.1, 0.15) is 119 Å². The van der Waals surface area contributed by atoms with Gasteiger partial charge in [-0.2, -0.15) is 0 Å². The lowest BCUT2D eigenvalue weighted by atomic mass is 9.91. The summed E-state index contributed by atoms with van der Waals surface area (Å²) < 4.78 is 35.9. The average molecular weight is 939 g/mol. The Morgan fingerprint density at radius 2 is 0.986 bits per heavy atom. The minimum atomic E-state index is -0.845. The van der Waals surface area contributed by atoms with Crippen LogP contribution < -0.4 is 0 Å². The second-order valence-corrected chi connectivity index (χ2v) is 19.3. The van der Waals surface area contributed by atoms with E-state index in [1.165, 1.54) is 6.08 Å². The Morgan fingerprint density at radius 3 is 1.49 bits per heavy atom. The molecular weight excluding hydrogens is 869 g/mol. The minimum absolute atomic E-state index is 0. The van der Waals surface area contributed by atoms with Crippen LogP contribution in [-0.4, -0.2) is 77.1 Å². The number of aliphatic hydroxyl groups is 1. The Labute approximate surface area is 409 Å². The third kappa shape index (κ3) is 12.5. The lowest BCUT2D eigenvalue weighted by molar-refractivity contribution is -0.152. The highest BCUT2D eigenvalue weighted by molar-refractivity contribution is 6.00. The van der Waals surface area contributed by atoms with E-state index in [1.54, 1.807) is 12.2 Å². The van der Waals surface area contributed by atoms with Crippen LogP contribution in [-0.2, 0) is 33.2 Å². The maximum absolute atomic E-state index is 13.4. The summed E-state index contributed by atoms with van der Waals surface area (Å²) >= 11 is 0. The molecule has 366 valence electrons. The van der Waals surface area contributed by atoms with Gasteiger partial charge < -0.3 is 33.5 Å². The van der Waals surface area contributed by atoms with Gasteiger partial charge in [0.25, 0.3) is 0 Å². The second kappa shape index (κ2) is 22.3. The summed E-state index contributed by atoms with van der Waals surface area (Å²) in [5.74, 6) is -2.73. The molecule has 0 radical (unpaired) electrons. The molecule has 4 aliphatic rings. The van der Waals surface area contributed by atoms with E-state index in [0.717, 1.165) is 44.5 Å². The first-order chi connectivity index (χ1) is 32.3. The maximum Gasteiger partial charge on any atom is 0.339 e. The first-order valence-electron chi connectivity index (χ1n) is 23.7. The molecule has 10 nitrogen and oxygen atoms in total. The number of hydrogen-bond donors (Lipinski definition) is 1. The number of ketones is 1. The van der Waals surface area contributed by atoms with E-state index < -0.39 is 42.1 Å². The molecule has 4 heterocycles. The number of rotatable bonds is 2. The number of benzene rings is 4. The van der Waals surface area contributed by atoms with Crippen molar-refractivity contribution in [1.82, 2.24) is 0 Å². The Kier molecular flexibility index (Phi) is 17.0. The van der Waals surface area contributed by atoms with Crippen LogP contribution in [0.25, 0.3) is 34.4 Å². The summed E-state index contributed by atoms with van der Waals surface area (Å²) in [5, 5.41) is 10.8. The van der Waals surface area contributed by atoms with E-state index in [2.05, 4.69) is 0 Å². The van der Waals surface area contributed by atoms with Gasteiger partial charge in [0.05, 0.1) is 23.3 Å². The van der Waals surface area contributed by atoms with Crippen LogP contribution in [0.2, 0.25) is 0 Å². The topological polar surface area (TPSA) is 127 Å². The molecule has 4 aromatic carbocycles. The third-order valence-electron chi connectivity index (χ3n) is 13.1. The first kappa shape index (κ1) is 52.6. The fourth-order valence-electron chi connectivity index (χ4n) is 9.03. The SMILES string of the molecule is C.Cc1ccc(-c2ccccc2)c2c1C(=O)O[C@@H](C)[C@H](C)/C=C\C(=O)[C@H]1OC(C)(C)O[C@H]1CC=C2.Cc1ccc(-c2ccccc2)c2c1C(=O)O[C@@H](C)[C@H](C)/C=C\C(O)[C@H]1OC(C)(C)O[C@H]1CC=C2. The summed E-state index contributed by atoms with van der Waals surface area (Å²) in [6, 6.07) is 28.0. The lowest BCUT2D eigenvalue weighted by Crippen LogP contribution is -2.34. The standard InChI is InChI=1S/C29H34O5.C29H32O5.CH4/c2*1-18-15-17-24(30)27-25(33-29(4,5)34-27)13-9-12-23-22(21-10-7-6-8-11-21)16-14-19(2)26(23)28(31)32-20(18)3;/h6-12,14-18,20,24-25,27,30H,13H2,1-5H3;6-12,14-18,20,25,27H,13H2,1-5H3;1H4/b2*12-9?,17-15-;/t18-,20+,24?,25+,27-;18-,20+,25+,27-;/m11./s1. The Balaban J connectivity index is 0.000000224. The fraction of sp³-hybridized carbons (Fsp3) is 0.407. The van der Waals surface area contributed by atoms with E-state index >= 15 is 0 Å². The van der Waals surface area contributed by atoms with E-state index in [-0.39, 0.29) is 49.2 Å². The molecule has 1 N–H and O–H groups in total. The molecule has 0 saturated carbocycles. The summed E-state index contributed by atoms with van der Waals surface area (Å²) in [4.78, 5) is 39.7. The highest BCUT2D eigenvalue weighted by Crippen LogP contribution is 2.37. The number of aliphatic hydroxyl groups excluding tert-OH is 1. The molecule has 0 amide bonds. The molecule has 1 unspecified atom stereocenters. The molecule has 4 aromatic rings.